The molecule has 0 amide bonds. The van der Waals surface area contributed by atoms with Gasteiger partial charge in [-0.15, -0.1) is 35.3 Å². The number of rotatable bonds is 7. The second-order valence-corrected chi connectivity index (χ2v) is 7.33. The van der Waals surface area contributed by atoms with Crippen molar-refractivity contribution in [1.29, 1.82) is 0 Å². The molecule has 6 nitrogen and oxygen atoms in total. The Labute approximate surface area is 198 Å². The van der Waals surface area contributed by atoms with Crippen LogP contribution < -0.4 is 20.1 Å². The fraction of sp³-hybridized carbons (Fsp3) is 0.273. The molecule has 0 atom stereocenters. The van der Waals surface area contributed by atoms with E-state index in [1.807, 2.05) is 50.2 Å². The van der Waals surface area contributed by atoms with Gasteiger partial charge in [0.05, 0.1) is 26.0 Å². The molecular formula is C22H27IN4O2S. The Hall–Kier alpha value is -2.33. The SMILES string of the molecule is CCOc1cc(NC(=NC)NCc2sc(-c3ccccc3)nc2C)ccc1OC.I. The van der Waals surface area contributed by atoms with Gasteiger partial charge in [-0.1, -0.05) is 30.3 Å². The Morgan fingerprint density at radius 2 is 1.90 bits per heavy atom. The first-order valence-electron chi connectivity index (χ1n) is 9.44. The number of methoxy groups -OCH3 is 1. The van der Waals surface area contributed by atoms with E-state index in [9.17, 15) is 0 Å². The van der Waals surface area contributed by atoms with Gasteiger partial charge in [-0.25, -0.2) is 4.98 Å². The first-order valence-corrected chi connectivity index (χ1v) is 10.3. The predicted molar refractivity (Wildman–Crippen MR) is 136 cm³/mol. The van der Waals surface area contributed by atoms with Crippen LogP contribution in [0.25, 0.3) is 10.6 Å². The van der Waals surface area contributed by atoms with Crippen LogP contribution in [0.3, 0.4) is 0 Å². The minimum atomic E-state index is 0. The number of hydrogen-bond acceptors (Lipinski definition) is 5. The van der Waals surface area contributed by atoms with Crippen LogP contribution in [0.15, 0.2) is 53.5 Å². The summed E-state index contributed by atoms with van der Waals surface area (Å²) in [5, 5.41) is 7.68. The number of aryl methyl sites for hydroxylation is 1. The van der Waals surface area contributed by atoms with Crippen molar-refractivity contribution in [3.8, 4) is 22.1 Å². The number of ether oxygens (including phenoxy) is 2. The molecule has 160 valence electrons. The number of thiazole rings is 1. The minimum Gasteiger partial charge on any atom is -0.493 e. The van der Waals surface area contributed by atoms with Crippen molar-refractivity contribution in [2.45, 2.75) is 20.4 Å². The minimum absolute atomic E-state index is 0. The summed E-state index contributed by atoms with van der Waals surface area (Å²) in [7, 11) is 3.38. The highest BCUT2D eigenvalue weighted by atomic mass is 127. The lowest BCUT2D eigenvalue weighted by atomic mass is 10.2. The molecular weight excluding hydrogens is 511 g/mol. The van der Waals surface area contributed by atoms with Gasteiger partial charge in [0, 0.05) is 29.2 Å². The number of benzene rings is 2. The van der Waals surface area contributed by atoms with E-state index in [4.69, 9.17) is 14.5 Å². The Morgan fingerprint density at radius 1 is 1.13 bits per heavy atom. The maximum atomic E-state index is 5.64. The summed E-state index contributed by atoms with van der Waals surface area (Å²) in [6, 6.07) is 15.9. The number of aliphatic imine (C=N–C) groups is 1. The van der Waals surface area contributed by atoms with Crippen LogP contribution in [0.4, 0.5) is 5.69 Å². The number of guanidine groups is 1. The van der Waals surface area contributed by atoms with Crippen LogP contribution in [0, 0.1) is 6.92 Å². The molecule has 0 saturated carbocycles. The molecule has 30 heavy (non-hydrogen) atoms. The van der Waals surface area contributed by atoms with Gasteiger partial charge in [-0.05, 0) is 26.0 Å². The normalized spacial score (nSPS) is 10.9. The third-order valence-corrected chi connectivity index (χ3v) is 5.49. The maximum absolute atomic E-state index is 5.64. The van der Waals surface area contributed by atoms with E-state index in [2.05, 4.69) is 27.8 Å². The summed E-state index contributed by atoms with van der Waals surface area (Å²) >= 11 is 1.69. The molecule has 1 heterocycles. The van der Waals surface area contributed by atoms with Crippen molar-refractivity contribution in [2.24, 2.45) is 4.99 Å². The van der Waals surface area contributed by atoms with Crippen LogP contribution in [0.5, 0.6) is 11.5 Å². The topological polar surface area (TPSA) is 67.8 Å². The van der Waals surface area contributed by atoms with Gasteiger partial charge in [0.2, 0.25) is 0 Å². The lowest BCUT2D eigenvalue weighted by Gasteiger charge is -2.14. The third kappa shape index (κ3) is 6.09. The summed E-state index contributed by atoms with van der Waals surface area (Å²) in [6.45, 7) is 5.20. The van der Waals surface area contributed by atoms with Crippen molar-refractivity contribution in [3.05, 3.63) is 59.1 Å². The van der Waals surface area contributed by atoms with E-state index >= 15 is 0 Å². The Kier molecular flexibility index (Phi) is 9.38. The molecule has 0 radical (unpaired) electrons. The van der Waals surface area contributed by atoms with E-state index < -0.39 is 0 Å². The van der Waals surface area contributed by atoms with Gasteiger partial charge < -0.3 is 20.1 Å². The van der Waals surface area contributed by atoms with E-state index in [0.717, 1.165) is 22.0 Å². The van der Waals surface area contributed by atoms with Crippen LogP contribution >= 0.6 is 35.3 Å². The first kappa shape index (κ1) is 23.9. The van der Waals surface area contributed by atoms with Gasteiger partial charge in [-0.3, -0.25) is 4.99 Å². The van der Waals surface area contributed by atoms with Crippen LogP contribution in [0.1, 0.15) is 17.5 Å². The van der Waals surface area contributed by atoms with Gasteiger partial charge in [0.1, 0.15) is 5.01 Å². The van der Waals surface area contributed by atoms with Gasteiger partial charge >= 0.3 is 0 Å². The largest absolute Gasteiger partial charge is 0.493 e. The van der Waals surface area contributed by atoms with Crippen molar-refractivity contribution in [2.75, 3.05) is 26.1 Å². The molecule has 0 aliphatic rings. The van der Waals surface area contributed by atoms with Crippen molar-refractivity contribution in [1.82, 2.24) is 10.3 Å². The molecule has 0 bridgehead atoms. The zero-order valence-corrected chi connectivity index (χ0v) is 20.7. The standard InChI is InChI=1S/C22H26N4O2S.HI/c1-5-28-19-13-17(11-12-18(19)27-4)26-22(23-3)24-14-20-15(2)25-21(29-20)16-9-7-6-8-10-16;/h6-13H,5,14H2,1-4H3,(H2,23,24,26);1H. The monoisotopic (exact) mass is 538 g/mol. The number of hydrogen-bond donors (Lipinski definition) is 2. The Balaban J connectivity index is 0.00000320. The van der Waals surface area contributed by atoms with E-state index in [0.29, 0.717) is 30.6 Å². The van der Waals surface area contributed by atoms with E-state index in [-0.39, 0.29) is 24.0 Å². The molecule has 2 N–H and O–H groups in total. The van der Waals surface area contributed by atoms with Gasteiger partial charge in [0.15, 0.2) is 17.5 Å². The smallest absolute Gasteiger partial charge is 0.195 e. The average Bonchev–Trinajstić information content (AvgIpc) is 3.13. The number of nitrogens with one attached hydrogen (secondary N) is 2. The second kappa shape index (κ2) is 11.8. The number of halogens is 1. The summed E-state index contributed by atoms with van der Waals surface area (Å²) in [5.41, 5.74) is 3.03. The van der Waals surface area contributed by atoms with Crippen molar-refractivity contribution < 1.29 is 9.47 Å². The lowest BCUT2D eigenvalue weighted by Crippen LogP contribution is -2.30. The molecule has 0 aliphatic heterocycles. The summed E-state index contributed by atoms with van der Waals surface area (Å²) in [4.78, 5) is 10.2. The Morgan fingerprint density at radius 3 is 2.57 bits per heavy atom. The highest BCUT2D eigenvalue weighted by Crippen LogP contribution is 2.30. The molecule has 0 fully saturated rings. The Bertz CT molecular complexity index is 977. The van der Waals surface area contributed by atoms with Crippen molar-refractivity contribution in [3.63, 3.8) is 0 Å². The average molecular weight is 538 g/mol. The molecule has 0 saturated heterocycles. The quantitative estimate of drug-likeness (QED) is 0.242. The van der Waals surface area contributed by atoms with Crippen LogP contribution in [-0.2, 0) is 6.54 Å². The fourth-order valence-corrected chi connectivity index (χ4v) is 3.81. The number of aromatic nitrogens is 1. The number of nitrogens with zero attached hydrogens (tertiary/aromatic N) is 2. The molecule has 8 heteroatoms. The molecule has 3 rings (SSSR count). The van der Waals surface area contributed by atoms with Crippen LogP contribution in [0.2, 0.25) is 0 Å². The molecule has 3 aromatic rings. The van der Waals surface area contributed by atoms with Gasteiger partial charge in [-0.2, -0.15) is 0 Å². The molecule has 0 spiro atoms. The summed E-state index contributed by atoms with van der Waals surface area (Å²) in [6.07, 6.45) is 0. The highest BCUT2D eigenvalue weighted by Gasteiger charge is 2.11. The van der Waals surface area contributed by atoms with E-state index in [1.54, 1.807) is 25.5 Å². The molecule has 1 aromatic heterocycles. The third-order valence-electron chi connectivity index (χ3n) is 4.28. The highest BCUT2D eigenvalue weighted by molar-refractivity contribution is 14.0. The van der Waals surface area contributed by atoms with Gasteiger partial charge in [0.25, 0.3) is 0 Å². The second-order valence-electron chi connectivity index (χ2n) is 6.24. The maximum Gasteiger partial charge on any atom is 0.195 e. The lowest BCUT2D eigenvalue weighted by molar-refractivity contribution is 0.311. The van der Waals surface area contributed by atoms with Crippen LogP contribution in [-0.4, -0.2) is 31.7 Å². The molecule has 0 unspecified atom stereocenters. The molecule has 2 aromatic carbocycles. The van der Waals surface area contributed by atoms with Crippen molar-refractivity contribution >= 4 is 47.0 Å². The first-order chi connectivity index (χ1) is 14.1. The summed E-state index contributed by atoms with van der Waals surface area (Å²) < 4.78 is 11.0. The molecule has 0 aliphatic carbocycles. The predicted octanol–water partition coefficient (Wildman–Crippen LogP) is 5.33. The number of anilines is 1. The summed E-state index contributed by atoms with van der Waals surface area (Å²) in [5.74, 6) is 2.07. The van der Waals surface area contributed by atoms with E-state index in [1.165, 1.54) is 4.88 Å². The zero-order chi connectivity index (χ0) is 20.6. The zero-order valence-electron chi connectivity index (χ0n) is 17.6. The fourth-order valence-electron chi connectivity index (χ4n) is 2.80.